The molecule has 42 heavy (non-hydrogen) atoms. The molecule has 0 N–H and O–H groups in total. The van der Waals surface area contributed by atoms with Gasteiger partial charge >= 0.3 is 11.9 Å². The number of nitrogens with zero attached hydrogens (tertiary/aromatic N) is 2. The van der Waals surface area contributed by atoms with Gasteiger partial charge in [0.1, 0.15) is 5.82 Å². The van der Waals surface area contributed by atoms with Gasteiger partial charge in [0.2, 0.25) is 5.76 Å². The Morgan fingerprint density at radius 2 is 1.19 bits per heavy atom. The van der Waals surface area contributed by atoms with E-state index in [9.17, 15) is 14.0 Å². The van der Waals surface area contributed by atoms with Crippen molar-refractivity contribution in [3.8, 4) is 0 Å². The van der Waals surface area contributed by atoms with Crippen molar-refractivity contribution in [1.82, 2.24) is 0 Å². The number of ether oxygens (including phenoxy) is 3. The summed E-state index contributed by atoms with van der Waals surface area (Å²) < 4.78 is 30.2. The summed E-state index contributed by atoms with van der Waals surface area (Å²) in [6, 6.07) is 14.3. The van der Waals surface area contributed by atoms with Crippen molar-refractivity contribution in [3.05, 3.63) is 111 Å². The summed E-state index contributed by atoms with van der Waals surface area (Å²) >= 11 is 0. The van der Waals surface area contributed by atoms with Gasteiger partial charge in [-0.3, -0.25) is 0 Å². The van der Waals surface area contributed by atoms with Crippen LogP contribution in [0.15, 0.2) is 66.2 Å². The number of carbonyl (C=O) groups is 2. The maximum atomic E-state index is 14.1. The molecule has 0 unspecified atom stereocenters. The van der Waals surface area contributed by atoms with Crippen molar-refractivity contribution in [2.75, 3.05) is 37.1 Å². The van der Waals surface area contributed by atoms with Crippen LogP contribution in [0.2, 0.25) is 0 Å². The van der Waals surface area contributed by atoms with Crippen LogP contribution in [-0.4, -0.2) is 39.2 Å². The van der Waals surface area contributed by atoms with Crippen LogP contribution in [-0.2, 0) is 23.8 Å². The van der Waals surface area contributed by atoms with Crippen LogP contribution in [0, 0.1) is 47.4 Å². The highest BCUT2D eigenvalue weighted by atomic mass is 19.1. The molecule has 1 aliphatic rings. The van der Waals surface area contributed by atoms with E-state index in [1.807, 2.05) is 0 Å². The second-order valence-corrected chi connectivity index (χ2v) is 10.6. The smallest absolute Gasteiger partial charge is 0.374 e. The maximum absolute atomic E-state index is 14.1. The maximum Gasteiger partial charge on any atom is 0.374 e. The third-order valence-corrected chi connectivity index (χ3v) is 7.23. The predicted octanol–water partition coefficient (Wildman–Crippen LogP) is 6.58. The Kier molecular flexibility index (Phi) is 9.05. The van der Waals surface area contributed by atoms with Crippen molar-refractivity contribution in [3.63, 3.8) is 0 Å². The predicted molar refractivity (Wildman–Crippen MR) is 163 cm³/mol. The summed E-state index contributed by atoms with van der Waals surface area (Å²) in [6.45, 7) is 13.6. The highest BCUT2D eigenvalue weighted by molar-refractivity contribution is 5.96. The van der Waals surface area contributed by atoms with Crippen molar-refractivity contribution in [2.24, 2.45) is 0 Å². The molecule has 0 radical (unpaired) electrons. The minimum atomic E-state index is -0.859. The number of carbonyl (C=O) groups excluding carboxylic acids is 2. The Morgan fingerprint density at radius 3 is 1.60 bits per heavy atom. The van der Waals surface area contributed by atoms with E-state index >= 15 is 0 Å². The Hall–Kier alpha value is -4.59. The molecule has 1 fully saturated rings. The second kappa shape index (κ2) is 12.5. The number of rotatable bonds is 7. The normalized spacial score (nSPS) is 13.4. The number of anilines is 2. The van der Waals surface area contributed by atoms with Crippen LogP contribution in [0.5, 0.6) is 0 Å². The molecule has 0 aromatic heterocycles. The van der Waals surface area contributed by atoms with Crippen molar-refractivity contribution < 1.29 is 28.2 Å². The molecule has 0 amide bonds. The molecule has 0 atom stereocenters. The van der Waals surface area contributed by atoms with Gasteiger partial charge < -0.3 is 24.0 Å². The molecule has 1 heterocycles. The molecule has 0 bridgehead atoms. The Labute approximate surface area is 246 Å². The molecule has 1 saturated heterocycles. The lowest BCUT2D eigenvalue weighted by Crippen LogP contribution is -2.27. The number of hydrogen-bond donors (Lipinski definition) is 0. The first-order valence-electron chi connectivity index (χ1n) is 13.7. The summed E-state index contributed by atoms with van der Waals surface area (Å²) in [6.07, 6.45) is 0.949. The summed E-state index contributed by atoms with van der Waals surface area (Å²) in [5.41, 5.74) is 9.08. The number of benzene rings is 3. The van der Waals surface area contributed by atoms with E-state index in [1.165, 1.54) is 26.4 Å². The third-order valence-electron chi connectivity index (χ3n) is 7.23. The first kappa shape index (κ1) is 30.4. The van der Waals surface area contributed by atoms with Gasteiger partial charge in [0.05, 0.1) is 20.3 Å². The first-order chi connectivity index (χ1) is 19.9. The molecule has 0 spiro atoms. The third kappa shape index (κ3) is 6.17. The second-order valence-electron chi connectivity index (χ2n) is 10.6. The Balaban J connectivity index is 2.09. The van der Waals surface area contributed by atoms with Crippen LogP contribution < -0.4 is 9.80 Å². The number of esters is 2. The van der Waals surface area contributed by atoms with Crippen molar-refractivity contribution >= 4 is 29.1 Å². The van der Waals surface area contributed by atoms with E-state index in [-0.39, 0.29) is 11.5 Å². The lowest BCUT2D eigenvalue weighted by molar-refractivity contribution is -0.140. The molecule has 7 nitrogen and oxygen atoms in total. The molecular weight excluding hydrogens is 535 g/mol. The van der Waals surface area contributed by atoms with Gasteiger partial charge in [-0.05, 0) is 88.1 Å². The molecule has 1 aliphatic heterocycles. The van der Waals surface area contributed by atoms with Gasteiger partial charge in [0.15, 0.2) is 11.6 Å². The summed E-state index contributed by atoms with van der Waals surface area (Å²) in [5.74, 6) is -1.52. The highest BCUT2D eigenvalue weighted by Crippen LogP contribution is 2.42. The lowest BCUT2D eigenvalue weighted by Gasteiger charge is -2.31. The van der Waals surface area contributed by atoms with E-state index in [0.29, 0.717) is 24.5 Å². The molecule has 8 heteroatoms. The average Bonchev–Trinajstić information content (AvgIpc) is 3.33. The van der Waals surface area contributed by atoms with E-state index in [2.05, 4.69) is 75.6 Å². The lowest BCUT2D eigenvalue weighted by atomic mass is 10.0. The fourth-order valence-corrected chi connectivity index (χ4v) is 5.78. The summed E-state index contributed by atoms with van der Waals surface area (Å²) in [4.78, 5) is 29.5. The SMILES string of the molecule is COC(=O)/C=C(/OC(=C1N(c2c(C)cc(C)cc2C)CCN1c1c(C)cc(C)cc1C)c1ccc(F)cc1)C(=O)OC. The van der Waals surface area contributed by atoms with Gasteiger partial charge in [0, 0.05) is 30.0 Å². The monoisotopic (exact) mass is 572 g/mol. The molecule has 0 saturated carbocycles. The van der Waals surface area contributed by atoms with E-state index in [0.717, 1.165) is 50.8 Å². The molecule has 220 valence electrons. The van der Waals surface area contributed by atoms with E-state index in [4.69, 9.17) is 14.2 Å². The molecule has 3 aromatic rings. The topological polar surface area (TPSA) is 68.3 Å². The quantitative estimate of drug-likeness (QED) is 0.180. The Morgan fingerprint density at radius 1 is 0.738 bits per heavy atom. The van der Waals surface area contributed by atoms with Gasteiger partial charge in [-0.25, -0.2) is 14.0 Å². The summed E-state index contributed by atoms with van der Waals surface area (Å²) in [7, 11) is 2.41. The molecule has 3 aromatic carbocycles. The minimum Gasteiger partial charge on any atom is -0.466 e. The molecule has 0 aliphatic carbocycles. The number of aryl methyl sites for hydroxylation is 6. The van der Waals surface area contributed by atoms with Crippen molar-refractivity contribution in [2.45, 2.75) is 41.5 Å². The first-order valence-corrected chi connectivity index (χ1v) is 13.7. The van der Waals surface area contributed by atoms with Crippen LogP contribution in [0.1, 0.15) is 38.9 Å². The molecular formula is C34H37FN2O5. The van der Waals surface area contributed by atoms with E-state index < -0.39 is 17.8 Å². The highest BCUT2D eigenvalue weighted by Gasteiger charge is 2.36. The number of halogens is 1. The standard InChI is InChI=1S/C34H37FN2O5/c1-20-15-22(3)30(23(4)16-20)36-13-14-37(31-24(5)17-21(2)18-25(31)6)33(36)32(26-9-11-27(35)12-10-26)42-28(34(39)41-8)19-29(38)40-7/h9-12,15-19H,13-14H2,1-8H3/b28-19+. The zero-order chi connectivity index (χ0) is 30.7. The fourth-order valence-electron chi connectivity index (χ4n) is 5.78. The van der Waals surface area contributed by atoms with Crippen LogP contribution in [0.25, 0.3) is 5.76 Å². The van der Waals surface area contributed by atoms with Crippen molar-refractivity contribution in [1.29, 1.82) is 0 Å². The summed E-state index contributed by atoms with van der Waals surface area (Å²) in [5, 5.41) is 0. The van der Waals surface area contributed by atoms with Gasteiger partial charge in [-0.2, -0.15) is 0 Å². The van der Waals surface area contributed by atoms with Gasteiger partial charge in [-0.15, -0.1) is 0 Å². The molecule has 4 rings (SSSR count). The van der Waals surface area contributed by atoms with E-state index in [1.54, 1.807) is 12.1 Å². The zero-order valence-corrected chi connectivity index (χ0v) is 25.4. The fraction of sp³-hybridized carbons (Fsp3) is 0.294. The number of methoxy groups -OCH3 is 2. The Bertz CT molecular complexity index is 1480. The van der Waals surface area contributed by atoms with Crippen LogP contribution in [0.3, 0.4) is 0 Å². The minimum absolute atomic E-state index is 0.256. The number of hydrogen-bond acceptors (Lipinski definition) is 7. The average molecular weight is 573 g/mol. The van der Waals surface area contributed by atoms with Gasteiger partial charge in [0.25, 0.3) is 0 Å². The van der Waals surface area contributed by atoms with Crippen LogP contribution in [0.4, 0.5) is 15.8 Å². The zero-order valence-electron chi connectivity index (χ0n) is 25.4. The largest absolute Gasteiger partial charge is 0.466 e. The van der Waals surface area contributed by atoms with Gasteiger partial charge in [-0.1, -0.05) is 35.4 Å². The van der Waals surface area contributed by atoms with Crippen LogP contribution >= 0.6 is 0 Å².